The Labute approximate surface area is 135 Å². The molecule has 110 valence electrons. The van der Waals surface area contributed by atoms with Crippen molar-refractivity contribution < 1.29 is 0 Å². The predicted octanol–water partition coefficient (Wildman–Crippen LogP) is 4.15. The van der Waals surface area contributed by atoms with Crippen molar-refractivity contribution in [1.29, 1.82) is 0 Å². The molecule has 0 radical (unpaired) electrons. The van der Waals surface area contributed by atoms with E-state index in [1.165, 1.54) is 21.4 Å². The molecular formula is C15H20Cl2N2S. The van der Waals surface area contributed by atoms with Crippen molar-refractivity contribution in [1.82, 2.24) is 4.90 Å². The minimum absolute atomic E-state index is 0. The molecule has 0 amide bonds. The standard InChI is InChI=1S/C15H19ClN2S.ClH/c1-10(17)11-6-7-18(8-11)9-14-15(16)12-4-2-3-5-13(12)19-14;/h2-5,10-11H,6-9,17H2,1H3;1H. The molecule has 3 rings (SSSR count). The number of thiophene rings is 1. The minimum Gasteiger partial charge on any atom is -0.328 e. The average Bonchev–Trinajstić information content (AvgIpc) is 2.97. The van der Waals surface area contributed by atoms with E-state index < -0.39 is 0 Å². The summed E-state index contributed by atoms with van der Waals surface area (Å²) >= 11 is 8.31. The first-order chi connectivity index (χ1) is 9.15. The van der Waals surface area contributed by atoms with Crippen molar-refractivity contribution >= 4 is 45.4 Å². The van der Waals surface area contributed by atoms with Crippen LogP contribution in [-0.2, 0) is 6.54 Å². The maximum absolute atomic E-state index is 6.49. The van der Waals surface area contributed by atoms with Crippen LogP contribution in [0.2, 0.25) is 5.02 Å². The Morgan fingerprint density at radius 1 is 1.45 bits per heavy atom. The molecule has 2 nitrogen and oxygen atoms in total. The van der Waals surface area contributed by atoms with Crippen LogP contribution >= 0.6 is 35.3 Å². The first kappa shape index (κ1) is 16.1. The molecule has 2 heterocycles. The Hall–Kier alpha value is -0.320. The van der Waals surface area contributed by atoms with Crippen LogP contribution in [0.25, 0.3) is 10.1 Å². The van der Waals surface area contributed by atoms with Gasteiger partial charge in [-0.15, -0.1) is 23.7 Å². The largest absolute Gasteiger partial charge is 0.328 e. The fourth-order valence-electron chi connectivity index (χ4n) is 2.80. The van der Waals surface area contributed by atoms with E-state index in [1.54, 1.807) is 0 Å². The molecule has 0 aliphatic carbocycles. The monoisotopic (exact) mass is 330 g/mol. The number of likely N-dealkylation sites (tertiary alicyclic amines) is 1. The minimum atomic E-state index is 0. The van der Waals surface area contributed by atoms with Gasteiger partial charge in [0.1, 0.15) is 0 Å². The molecule has 2 atom stereocenters. The van der Waals surface area contributed by atoms with Crippen molar-refractivity contribution in [2.24, 2.45) is 11.7 Å². The van der Waals surface area contributed by atoms with Crippen LogP contribution < -0.4 is 5.73 Å². The van der Waals surface area contributed by atoms with Gasteiger partial charge in [-0.25, -0.2) is 0 Å². The molecule has 1 aliphatic rings. The van der Waals surface area contributed by atoms with Crippen molar-refractivity contribution in [3.63, 3.8) is 0 Å². The summed E-state index contributed by atoms with van der Waals surface area (Å²) in [5.41, 5.74) is 5.99. The van der Waals surface area contributed by atoms with Gasteiger partial charge in [0.05, 0.1) is 5.02 Å². The molecule has 1 aromatic carbocycles. The lowest BCUT2D eigenvalue weighted by atomic mass is 10.0. The van der Waals surface area contributed by atoms with Crippen LogP contribution in [0, 0.1) is 5.92 Å². The molecule has 1 saturated heterocycles. The highest BCUT2D eigenvalue weighted by atomic mass is 35.5. The number of halogens is 2. The molecule has 1 aliphatic heterocycles. The van der Waals surface area contributed by atoms with Crippen LogP contribution in [0.5, 0.6) is 0 Å². The van der Waals surface area contributed by atoms with Gasteiger partial charge < -0.3 is 5.73 Å². The van der Waals surface area contributed by atoms with Gasteiger partial charge >= 0.3 is 0 Å². The quantitative estimate of drug-likeness (QED) is 0.916. The van der Waals surface area contributed by atoms with E-state index in [1.807, 2.05) is 17.4 Å². The molecule has 0 saturated carbocycles. The molecule has 2 unspecified atom stereocenters. The number of hydrogen-bond donors (Lipinski definition) is 1. The smallest absolute Gasteiger partial charge is 0.0637 e. The average molecular weight is 331 g/mol. The van der Waals surface area contributed by atoms with E-state index in [4.69, 9.17) is 17.3 Å². The van der Waals surface area contributed by atoms with E-state index in [2.05, 4.69) is 30.0 Å². The lowest BCUT2D eigenvalue weighted by molar-refractivity contribution is 0.311. The lowest BCUT2D eigenvalue weighted by Crippen LogP contribution is -2.29. The third-order valence-electron chi connectivity index (χ3n) is 4.02. The Balaban J connectivity index is 0.00000147. The summed E-state index contributed by atoms with van der Waals surface area (Å²) in [6.07, 6.45) is 1.21. The van der Waals surface area contributed by atoms with Gasteiger partial charge in [-0.2, -0.15) is 0 Å². The second-order valence-corrected chi connectivity index (χ2v) is 6.99. The topological polar surface area (TPSA) is 29.3 Å². The van der Waals surface area contributed by atoms with Gasteiger partial charge in [0.25, 0.3) is 0 Å². The normalized spacial score (nSPS) is 21.1. The summed E-state index contributed by atoms with van der Waals surface area (Å²) in [5.74, 6) is 0.633. The van der Waals surface area contributed by atoms with Gasteiger partial charge in [0.2, 0.25) is 0 Å². The maximum Gasteiger partial charge on any atom is 0.0637 e. The fourth-order valence-corrected chi connectivity index (χ4v) is 4.34. The first-order valence-electron chi connectivity index (χ1n) is 6.79. The van der Waals surface area contributed by atoms with Crippen LogP contribution in [0.1, 0.15) is 18.2 Å². The van der Waals surface area contributed by atoms with Crippen LogP contribution in [0.3, 0.4) is 0 Å². The predicted molar refractivity (Wildman–Crippen MR) is 91.1 cm³/mol. The van der Waals surface area contributed by atoms with Crippen LogP contribution in [0.4, 0.5) is 0 Å². The molecule has 2 aromatic rings. The third-order valence-corrected chi connectivity index (χ3v) is 5.72. The van der Waals surface area contributed by atoms with E-state index in [-0.39, 0.29) is 12.4 Å². The summed E-state index contributed by atoms with van der Waals surface area (Å²) in [6, 6.07) is 8.66. The molecule has 20 heavy (non-hydrogen) atoms. The zero-order chi connectivity index (χ0) is 13.4. The number of hydrogen-bond acceptors (Lipinski definition) is 3. The number of benzene rings is 1. The van der Waals surface area contributed by atoms with Crippen molar-refractivity contribution in [2.75, 3.05) is 13.1 Å². The Kier molecular flexibility index (Phi) is 5.32. The fraction of sp³-hybridized carbons (Fsp3) is 0.467. The lowest BCUT2D eigenvalue weighted by Gasteiger charge is -2.17. The van der Waals surface area contributed by atoms with Crippen molar-refractivity contribution in [2.45, 2.75) is 25.9 Å². The zero-order valence-corrected chi connectivity index (χ0v) is 13.9. The van der Waals surface area contributed by atoms with Crippen LogP contribution in [0.15, 0.2) is 24.3 Å². The van der Waals surface area contributed by atoms with Gasteiger partial charge in [-0.05, 0) is 31.9 Å². The van der Waals surface area contributed by atoms with Gasteiger partial charge in [0.15, 0.2) is 0 Å². The highest BCUT2D eigenvalue weighted by Gasteiger charge is 2.26. The second-order valence-electron chi connectivity index (χ2n) is 5.48. The maximum atomic E-state index is 6.49. The number of nitrogens with two attached hydrogens (primary N) is 1. The van der Waals surface area contributed by atoms with E-state index in [9.17, 15) is 0 Å². The van der Waals surface area contributed by atoms with E-state index >= 15 is 0 Å². The molecule has 1 fully saturated rings. The Morgan fingerprint density at radius 3 is 2.85 bits per heavy atom. The second kappa shape index (κ2) is 6.63. The summed E-state index contributed by atoms with van der Waals surface area (Å²) in [5, 5.41) is 2.12. The highest BCUT2D eigenvalue weighted by Crippen LogP contribution is 2.36. The number of fused-ring (bicyclic) bond motifs is 1. The van der Waals surface area contributed by atoms with Gasteiger partial charge in [0, 0.05) is 34.1 Å². The first-order valence-corrected chi connectivity index (χ1v) is 7.98. The number of rotatable bonds is 3. The van der Waals surface area contributed by atoms with Crippen LogP contribution in [-0.4, -0.2) is 24.0 Å². The van der Waals surface area contributed by atoms with E-state index in [0.29, 0.717) is 12.0 Å². The molecular weight excluding hydrogens is 311 g/mol. The summed E-state index contributed by atoms with van der Waals surface area (Å²) in [6.45, 7) is 5.31. The SMILES string of the molecule is CC(N)C1CCN(Cc2sc3ccccc3c2Cl)C1.Cl. The molecule has 2 N–H and O–H groups in total. The highest BCUT2D eigenvalue weighted by molar-refractivity contribution is 7.19. The summed E-state index contributed by atoms with van der Waals surface area (Å²) < 4.78 is 1.28. The summed E-state index contributed by atoms with van der Waals surface area (Å²) in [7, 11) is 0. The Morgan fingerprint density at radius 2 is 2.20 bits per heavy atom. The molecule has 0 spiro atoms. The van der Waals surface area contributed by atoms with Crippen molar-refractivity contribution in [3.8, 4) is 0 Å². The Bertz CT molecular complexity index is 582. The van der Waals surface area contributed by atoms with Gasteiger partial charge in [-0.3, -0.25) is 4.90 Å². The number of nitrogens with zero attached hydrogens (tertiary/aromatic N) is 1. The van der Waals surface area contributed by atoms with Crippen molar-refractivity contribution in [3.05, 3.63) is 34.2 Å². The summed E-state index contributed by atoms with van der Waals surface area (Å²) in [4.78, 5) is 3.76. The van der Waals surface area contributed by atoms with E-state index in [0.717, 1.165) is 24.7 Å². The van der Waals surface area contributed by atoms with Gasteiger partial charge in [-0.1, -0.05) is 29.8 Å². The molecule has 0 bridgehead atoms. The zero-order valence-electron chi connectivity index (χ0n) is 11.5. The molecule has 5 heteroatoms. The molecule has 1 aromatic heterocycles. The third kappa shape index (κ3) is 3.12.